The van der Waals surface area contributed by atoms with Crippen LogP contribution in [0.5, 0.6) is 0 Å². The van der Waals surface area contributed by atoms with E-state index in [4.69, 9.17) is 14.0 Å². The van der Waals surface area contributed by atoms with Crippen LogP contribution >= 0.6 is 67.8 Å². The molecule has 32 heavy (non-hydrogen) atoms. The zero-order valence-electron chi connectivity index (χ0n) is 16.5. The number of carbonyl (C=O) groups excluding carboxylic acids is 2. The van der Waals surface area contributed by atoms with E-state index >= 15 is 0 Å². The van der Waals surface area contributed by atoms with Crippen molar-refractivity contribution in [1.29, 1.82) is 0 Å². The molecule has 0 aliphatic heterocycles. The number of hydrogen-bond acceptors (Lipinski definition) is 6. The Kier molecular flexibility index (Phi) is 8.35. The summed E-state index contributed by atoms with van der Waals surface area (Å²) in [7, 11) is -6.01. The molecule has 2 fully saturated rings. The Hall–Kier alpha value is 0.120. The number of ether oxygens (including phenoxy) is 2. The van der Waals surface area contributed by atoms with Crippen LogP contribution in [0, 0.1) is 22.5 Å². The molecular weight excluding hydrogens is 791 g/mol. The summed E-state index contributed by atoms with van der Waals surface area (Å²) in [6, 6.07) is 3.51. The Bertz CT molecular complexity index is 1020. The number of esters is 2. The van der Waals surface area contributed by atoms with Gasteiger partial charge < -0.3 is 9.47 Å². The van der Waals surface area contributed by atoms with Gasteiger partial charge in [-0.15, -0.1) is 0 Å². The molecule has 2 saturated carbocycles. The molecule has 0 aromatic heterocycles. The van der Waals surface area contributed by atoms with Crippen LogP contribution in [0.4, 0.5) is 8.78 Å². The van der Waals surface area contributed by atoms with E-state index in [0.717, 1.165) is 32.8 Å². The van der Waals surface area contributed by atoms with Crippen molar-refractivity contribution >= 4 is 89.8 Å². The number of fused-ring (bicyclic) bond motifs is 2. The molecule has 1 aromatic carbocycles. The number of alkyl halides is 2. The molecule has 178 valence electrons. The minimum Gasteiger partial charge on any atom is -0.458 e. The van der Waals surface area contributed by atoms with Gasteiger partial charge in [-0.1, -0.05) is 19.3 Å². The molecule has 2 aliphatic rings. The van der Waals surface area contributed by atoms with E-state index in [1.54, 1.807) is 6.07 Å². The molecule has 0 spiro atoms. The number of benzene rings is 1. The highest BCUT2D eigenvalue weighted by molar-refractivity contribution is 14.1. The van der Waals surface area contributed by atoms with E-state index < -0.39 is 39.5 Å². The molecular formula is C19H19F2I3O7S. The van der Waals surface area contributed by atoms with E-state index in [9.17, 15) is 26.8 Å². The fraction of sp³-hybridized carbons (Fsp3) is 0.579. The molecule has 13 heteroatoms. The molecule has 0 saturated heterocycles. The second-order valence-corrected chi connectivity index (χ2v) is 13.1. The van der Waals surface area contributed by atoms with Crippen LogP contribution in [0.3, 0.4) is 0 Å². The van der Waals surface area contributed by atoms with Gasteiger partial charge in [0.05, 0.1) is 5.56 Å². The second-order valence-electron chi connectivity index (χ2n) is 8.20. The van der Waals surface area contributed by atoms with Crippen LogP contribution in [0.25, 0.3) is 0 Å². The molecule has 1 N–H and O–H groups in total. The normalized spacial score (nSPS) is 25.8. The Morgan fingerprint density at radius 3 is 2.31 bits per heavy atom. The number of hydrogen-bond donors (Lipinski definition) is 1. The van der Waals surface area contributed by atoms with Gasteiger partial charge in [0, 0.05) is 10.7 Å². The van der Waals surface area contributed by atoms with Crippen LogP contribution in [-0.2, 0) is 24.4 Å². The molecule has 2 atom stereocenters. The maximum absolute atomic E-state index is 13.9. The first-order valence-corrected chi connectivity index (χ1v) is 14.3. The van der Waals surface area contributed by atoms with Crippen LogP contribution in [-0.4, -0.2) is 42.4 Å². The summed E-state index contributed by atoms with van der Waals surface area (Å²) in [5, 5.41) is -5.11. The smallest absolute Gasteiger partial charge is 0.458 e. The van der Waals surface area contributed by atoms with Gasteiger partial charge in [-0.2, -0.15) is 17.2 Å². The average Bonchev–Trinajstić information content (AvgIpc) is 2.67. The van der Waals surface area contributed by atoms with Crippen molar-refractivity contribution in [1.82, 2.24) is 0 Å². The molecule has 7 nitrogen and oxygen atoms in total. The van der Waals surface area contributed by atoms with Crippen molar-refractivity contribution in [2.45, 2.75) is 49.4 Å². The summed E-state index contributed by atoms with van der Waals surface area (Å²) in [4.78, 5) is 24.9. The third kappa shape index (κ3) is 5.84. The summed E-state index contributed by atoms with van der Waals surface area (Å²) in [5.74, 6) is -2.91. The van der Waals surface area contributed by atoms with Gasteiger partial charge in [0.15, 0.2) is 0 Å². The standard InChI is InChI=1S/C19H19F2I3O7S/c20-19(21,32(27,28)29)17(26)31-18(7-10-2-1-3-11(4-10)8-18)9-30-16(25)13-5-12(22)6-14(23)15(13)24/h5-6,10-11H,1-4,7-9H2,(H,27,28,29). The lowest BCUT2D eigenvalue weighted by Crippen LogP contribution is -2.52. The Morgan fingerprint density at radius 2 is 1.75 bits per heavy atom. The van der Waals surface area contributed by atoms with Crippen LogP contribution in [0.1, 0.15) is 48.9 Å². The van der Waals surface area contributed by atoms with Gasteiger partial charge in [0.2, 0.25) is 0 Å². The van der Waals surface area contributed by atoms with Gasteiger partial charge in [0.1, 0.15) is 12.2 Å². The van der Waals surface area contributed by atoms with Crippen molar-refractivity contribution in [3.63, 3.8) is 0 Å². The first kappa shape index (κ1) is 26.7. The molecule has 2 aliphatic carbocycles. The highest BCUT2D eigenvalue weighted by Gasteiger charge is 2.57. The number of halogens is 5. The van der Waals surface area contributed by atoms with Crippen LogP contribution in [0.2, 0.25) is 0 Å². The molecule has 2 unspecified atom stereocenters. The SMILES string of the molecule is O=C(OCC1(OC(=O)C(F)(F)S(=O)(=O)O)CC2CCCC(C2)C1)c1cc(I)cc(I)c1I. The van der Waals surface area contributed by atoms with Gasteiger partial charge in [0.25, 0.3) is 0 Å². The van der Waals surface area contributed by atoms with Gasteiger partial charge in [-0.3, -0.25) is 4.55 Å². The molecule has 1 aromatic rings. The fourth-order valence-electron chi connectivity index (χ4n) is 4.48. The third-order valence-electron chi connectivity index (χ3n) is 5.76. The summed E-state index contributed by atoms with van der Waals surface area (Å²) in [6.07, 6.45) is 3.77. The first-order valence-electron chi connectivity index (χ1n) is 9.64. The maximum atomic E-state index is 13.9. The van der Waals surface area contributed by atoms with E-state index in [1.807, 2.05) is 28.7 Å². The summed E-state index contributed by atoms with van der Waals surface area (Å²) >= 11 is 6.14. The second kappa shape index (κ2) is 10.0. The third-order valence-corrected chi connectivity index (χ3v) is 10.2. The van der Waals surface area contributed by atoms with E-state index in [0.29, 0.717) is 9.13 Å². The predicted octanol–water partition coefficient (Wildman–Crippen LogP) is 5.02. The van der Waals surface area contributed by atoms with Crippen LogP contribution < -0.4 is 0 Å². The minimum atomic E-state index is -6.01. The lowest BCUT2D eigenvalue weighted by Gasteiger charge is -2.46. The van der Waals surface area contributed by atoms with Gasteiger partial charge in [-0.25, -0.2) is 9.59 Å². The van der Waals surface area contributed by atoms with Gasteiger partial charge in [-0.05, 0) is 111 Å². The van der Waals surface area contributed by atoms with E-state index in [1.165, 1.54) is 0 Å². The Balaban J connectivity index is 1.86. The van der Waals surface area contributed by atoms with Crippen molar-refractivity contribution < 1.29 is 40.8 Å². The fourth-order valence-corrected chi connectivity index (χ4v) is 7.11. The zero-order chi connectivity index (χ0) is 23.9. The average molecular weight is 810 g/mol. The monoisotopic (exact) mass is 810 g/mol. The van der Waals surface area contributed by atoms with Crippen molar-refractivity contribution in [3.05, 3.63) is 28.4 Å². The van der Waals surface area contributed by atoms with Gasteiger partial charge >= 0.3 is 27.3 Å². The first-order chi connectivity index (χ1) is 14.7. The number of carbonyl (C=O) groups is 2. The predicted molar refractivity (Wildman–Crippen MR) is 135 cm³/mol. The lowest BCUT2D eigenvalue weighted by molar-refractivity contribution is -0.192. The zero-order valence-corrected chi connectivity index (χ0v) is 23.7. The molecule has 0 heterocycles. The summed E-state index contributed by atoms with van der Waals surface area (Å²) in [5.41, 5.74) is -1.29. The van der Waals surface area contributed by atoms with E-state index in [-0.39, 0.29) is 24.7 Å². The maximum Gasteiger partial charge on any atom is 0.465 e. The number of rotatable bonds is 6. The minimum absolute atomic E-state index is 0.0760. The van der Waals surface area contributed by atoms with Crippen molar-refractivity contribution in [3.8, 4) is 0 Å². The lowest BCUT2D eigenvalue weighted by atomic mass is 9.66. The molecule has 0 amide bonds. The topological polar surface area (TPSA) is 107 Å². The quantitative estimate of drug-likeness (QED) is 0.186. The summed E-state index contributed by atoms with van der Waals surface area (Å²) in [6.45, 7) is -0.482. The highest BCUT2D eigenvalue weighted by atomic mass is 127. The van der Waals surface area contributed by atoms with E-state index in [2.05, 4.69) is 45.2 Å². The molecule has 0 radical (unpaired) electrons. The van der Waals surface area contributed by atoms with Crippen LogP contribution in [0.15, 0.2) is 12.1 Å². The molecule has 2 bridgehead atoms. The highest BCUT2D eigenvalue weighted by Crippen LogP contribution is 2.47. The molecule has 3 rings (SSSR count). The Morgan fingerprint density at radius 1 is 1.16 bits per heavy atom. The largest absolute Gasteiger partial charge is 0.465 e. The Labute approximate surface area is 224 Å². The van der Waals surface area contributed by atoms with Crippen molar-refractivity contribution in [2.24, 2.45) is 11.8 Å². The summed E-state index contributed by atoms with van der Waals surface area (Å²) < 4.78 is 71.4. The van der Waals surface area contributed by atoms with Crippen molar-refractivity contribution in [2.75, 3.05) is 6.61 Å².